The molecule has 2 bridgehead atoms. The molecule has 2 N–H and O–H groups in total. The van der Waals surface area contributed by atoms with Crippen LogP contribution in [0.4, 0.5) is 0 Å². The normalized spacial score (nSPS) is 31.2. The lowest BCUT2D eigenvalue weighted by Gasteiger charge is -2.37. The number of amides is 2. The summed E-state index contributed by atoms with van der Waals surface area (Å²) in [4.78, 5) is 42.9. The molecule has 5 atom stereocenters. The molecule has 174 valence electrons. The van der Waals surface area contributed by atoms with E-state index in [9.17, 15) is 19.5 Å². The van der Waals surface area contributed by atoms with Gasteiger partial charge >= 0.3 is 5.97 Å². The van der Waals surface area contributed by atoms with Crippen LogP contribution in [0.5, 0.6) is 0 Å². The van der Waals surface area contributed by atoms with Crippen molar-refractivity contribution in [1.29, 1.82) is 0 Å². The number of thioether (sulfide) groups is 1. The van der Waals surface area contributed by atoms with E-state index in [1.54, 1.807) is 27.6 Å². The number of carbonyl (C=O) groups is 3. The number of carboxylic acid groups (broad SMARTS) is 1. The van der Waals surface area contributed by atoms with Crippen molar-refractivity contribution in [3.8, 4) is 0 Å². The number of nitrogens with zero attached hydrogens (tertiary/aromatic N) is 2. The van der Waals surface area contributed by atoms with Crippen LogP contribution < -0.4 is 0 Å². The first-order chi connectivity index (χ1) is 14.9. The van der Waals surface area contributed by atoms with Crippen LogP contribution in [0.1, 0.15) is 58.3 Å². The van der Waals surface area contributed by atoms with Crippen LogP contribution in [0.3, 0.4) is 0 Å². The molecule has 0 aromatic rings. The largest absolute Gasteiger partial charge is 0.481 e. The van der Waals surface area contributed by atoms with E-state index in [1.807, 2.05) is 0 Å². The van der Waals surface area contributed by atoms with Crippen molar-refractivity contribution in [1.82, 2.24) is 9.80 Å². The first kappa shape index (κ1) is 24.1. The Morgan fingerprint density at radius 1 is 1.29 bits per heavy atom. The summed E-state index contributed by atoms with van der Waals surface area (Å²) in [7, 11) is 0. The Labute approximate surface area is 189 Å². The molecule has 3 saturated heterocycles. The number of fused-ring (bicyclic) bond motifs is 1. The molecule has 0 aliphatic carbocycles. The Balaban J connectivity index is 1.90. The number of aliphatic carboxylic acids is 1. The van der Waals surface area contributed by atoms with Gasteiger partial charge in [0.05, 0.1) is 16.6 Å². The number of aliphatic hydroxyl groups excluding tert-OH is 1. The van der Waals surface area contributed by atoms with Crippen molar-refractivity contribution in [3.63, 3.8) is 0 Å². The summed E-state index contributed by atoms with van der Waals surface area (Å²) in [5.74, 6) is -2.49. The number of hydrogen-bond donors (Lipinski definition) is 2. The second kappa shape index (κ2) is 10.4. The molecule has 0 radical (unpaired) electrons. The van der Waals surface area contributed by atoms with E-state index in [4.69, 9.17) is 5.11 Å². The maximum absolute atomic E-state index is 13.9. The Kier molecular flexibility index (Phi) is 8.08. The molecule has 0 saturated carbocycles. The zero-order chi connectivity index (χ0) is 22.6. The van der Waals surface area contributed by atoms with Gasteiger partial charge in [-0.05, 0) is 38.5 Å². The van der Waals surface area contributed by atoms with Gasteiger partial charge in [-0.15, -0.1) is 18.3 Å². The summed E-state index contributed by atoms with van der Waals surface area (Å²) in [6, 6.07) is -0.611. The zero-order valence-corrected chi connectivity index (χ0v) is 19.3. The summed E-state index contributed by atoms with van der Waals surface area (Å²) in [6.45, 7) is 7.52. The Bertz CT molecular complexity index is 701. The number of likely N-dealkylation sites (tertiary alicyclic amines) is 1. The summed E-state index contributed by atoms with van der Waals surface area (Å²) in [6.07, 6.45) is 8.28. The van der Waals surface area contributed by atoms with Gasteiger partial charge in [-0.3, -0.25) is 14.4 Å². The second-order valence-corrected chi connectivity index (χ2v) is 10.6. The predicted octanol–water partition coefficient (Wildman–Crippen LogP) is 2.53. The van der Waals surface area contributed by atoms with Gasteiger partial charge in [-0.2, -0.15) is 0 Å². The molecule has 2 amide bonds. The average Bonchev–Trinajstić information content (AvgIpc) is 3.38. The third-order valence-corrected chi connectivity index (χ3v) is 9.02. The molecule has 8 heteroatoms. The monoisotopic (exact) mass is 452 g/mol. The maximum Gasteiger partial charge on any atom is 0.308 e. The third kappa shape index (κ3) is 4.38. The number of carboxylic acids is 1. The Morgan fingerprint density at radius 2 is 2.06 bits per heavy atom. The van der Waals surface area contributed by atoms with Crippen LogP contribution in [0.15, 0.2) is 12.7 Å². The molecule has 3 heterocycles. The molecule has 0 aromatic carbocycles. The van der Waals surface area contributed by atoms with Gasteiger partial charge < -0.3 is 20.0 Å². The lowest BCUT2D eigenvalue weighted by molar-refractivity contribution is -0.148. The highest BCUT2D eigenvalue weighted by molar-refractivity contribution is 8.02. The van der Waals surface area contributed by atoms with Crippen LogP contribution >= 0.6 is 11.8 Å². The van der Waals surface area contributed by atoms with Gasteiger partial charge in [0, 0.05) is 31.5 Å². The van der Waals surface area contributed by atoms with Crippen molar-refractivity contribution in [3.05, 3.63) is 12.7 Å². The van der Waals surface area contributed by atoms with Crippen molar-refractivity contribution >= 4 is 29.5 Å². The molecule has 3 aliphatic heterocycles. The number of hydrogen-bond acceptors (Lipinski definition) is 5. The number of carbonyl (C=O) groups excluding carboxylic acids is 2. The number of unbranched alkanes of at least 4 members (excludes halogenated alkanes) is 4. The molecule has 31 heavy (non-hydrogen) atoms. The van der Waals surface area contributed by atoms with Gasteiger partial charge in [0.25, 0.3) is 0 Å². The van der Waals surface area contributed by atoms with Gasteiger partial charge in [0.2, 0.25) is 11.8 Å². The summed E-state index contributed by atoms with van der Waals surface area (Å²) in [5.41, 5.74) is 0. The van der Waals surface area contributed by atoms with E-state index in [0.29, 0.717) is 38.9 Å². The van der Waals surface area contributed by atoms with E-state index in [2.05, 4.69) is 13.5 Å². The third-order valence-electron chi connectivity index (χ3n) is 7.07. The molecule has 0 aromatic heterocycles. The van der Waals surface area contributed by atoms with E-state index in [1.165, 1.54) is 0 Å². The SMILES string of the molecule is C=CCN(CCCCC)C(=O)C1N(CCCCCO)C(=O)[C@@H]2[C@H](C(=O)O)[C@@H]3CCC12S3. The minimum Gasteiger partial charge on any atom is -0.481 e. The zero-order valence-electron chi connectivity index (χ0n) is 18.5. The average molecular weight is 453 g/mol. The van der Waals surface area contributed by atoms with Crippen LogP contribution in [-0.4, -0.2) is 80.1 Å². The molecular formula is C23H36N2O5S. The van der Waals surface area contributed by atoms with E-state index >= 15 is 0 Å². The van der Waals surface area contributed by atoms with Crippen molar-refractivity contribution < 1.29 is 24.6 Å². The molecule has 7 nitrogen and oxygen atoms in total. The molecule has 2 unspecified atom stereocenters. The fourth-order valence-electron chi connectivity index (χ4n) is 5.70. The smallest absolute Gasteiger partial charge is 0.308 e. The van der Waals surface area contributed by atoms with Crippen molar-refractivity contribution in [2.75, 3.05) is 26.2 Å². The van der Waals surface area contributed by atoms with E-state index in [-0.39, 0.29) is 23.7 Å². The van der Waals surface area contributed by atoms with E-state index in [0.717, 1.165) is 32.1 Å². The number of rotatable bonds is 13. The first-order valence-corrected chi connectivity index (χ1v) is 12.5. The molecular weight excluding hydrogens is 416 g/mol. The standard InChI is InChI=1S/C23H36N2O5S/c1-3-5-7-13-24(12-4-2)21(28)19-23-11-10-16(31-23)17(22(29)30)18(23)20(27)25(19)14-8-6-9-15-26/h4,16-19,26H,2-3,5-15H2,1H3,(H,29,30)/t16-,17+,18-,19?,23?/m0/s1. The van der Waals surface area contributed by atoms with Crippen LogP contribution in [0.2, 0.25) is 0 Å². The molecule has 1 spiro atoms. The Morgan fingerprint density at radius 3 is 2.71 bits per heavy atom. The van der Waals surface area contributed by atoms with Crippen molar-refractivity contribution in [2.45, 2.75) is 74.3 Å². The van der Waals surface area contributed by atoms with Crippen molar-refractivity contribution in [2.24, 2.45) is 11.8 Å². The fourth-order valence-corrected chi connectivity index (χ4v) is 7.90. The molecule has 3 rings (SSSR count). The molecule has 3 aliphatic rings. The summed E-state index contributed by atoms with van der Waals surface area (Å²) in [5, 5.41) is 18.9. The highest BCUT2D eigenvalue weighted by Crippen LogP contribution is 2.66. The van der Waals surface area contributed by atoms with Gasteiger partial charge in [0.15, 0.2) is 0 Å². The van der Waals surface area contributed by atoms with E-state index < -0.39 is 28.6 Å². The lowest BCUT2D eigenvalue weighted by Crippen LogP contribution is -2.55. The summed E-state index contributed by atoms with van der Waals surface area (Å²) < 4.78 is -0.636. The summed E-state index contributed by atoms with van der Waals surface area (Å²) >= 11 is 1.58. The van der Waals surface area contributed by atoms with Crippen LogP contribution in [0.25, 0.3) is 0 Å². The van der Waals surface area contributed by atoms with Crippen LogP contribution in [-0.2, 0) is 14.4 Å². The molecule has 3 fully saturated rings. The topological polar surface area (TPSA) is 98.2 Å². The predicted molar refractivity (Wildman–Crippen MR) is 121 cm³/mol. The minimum absolute atomic E-state index is 0.0619. The fraction of sp³-hybridized carbons (Fsp3) is 0.783. The first-order valence-electron chi connectivity index (χ1n) is 11.6. The maximum atomic E-state index is 13.9. The number of aliphatic hydroxyl groups is 1. The lowest BCUT2D eigenvalue weighted by atomic mass is 9.71. The van der Waals surface area contributed by atoms with Gasteiger partial charge in [-0.1, -0.05) is 25.8 Å². The van der Waals surface area contributed by atoms with Gasteiger partial charge in [-0.25, -0.2) is 0 Å². The highest BCUT2D eigenvalue weighted by atomic mass is 32.2. The van der Waals surface area contributed by atoms with Gasteiger partial charge in [0.1, 0.15) is 6.04 Å². The highest BCUT2D eigenvalue weighted by Gasteiger charge is 2.73. The quantitative estimate of drug-likeness (QED) is 0.329. The van der Waals surface area contributed by atoms with Crippen LogP contribution in [0, 0.1) is 11.8 Å². The Hall–Kier alpha value is -1.54. The minimum atomic E-state index is -0.920. The second-order valence-electron chi connectivity index (χ2n) is 8.99.